The van der Waals surface area contributed by atoms with Gasteiger partial charge in [0.2, 0.25) is 5.91 Å². The largest absolute Gasteiger partial charge is 0.323 e. The lowest BCUT2D eigenvalue weighted by atomic mass is 9.98. The van der Waals surface area contributed by atoms with E-state index in [2.05, 4.69) is 15.5 Å². The Morgan fingerprint density at radius 3 is 2.84 bits per heavy atom. The van der Waals surface area contributed by atoms with Crippen LogP contribution in [0.5, 0.6) is 0 Å². The van der Waals surface area contributed by atoms with Crippen LogP contribution in [0.2, 0.25) is 0 Å². The van der Waals surface area contributed by atoms with Crippen LogP contribution in [0, 0.1) is 0 Å². The van der Waals surface area contributed by atoms with Crippen LogP contribution in [0.15, 0.2) is 24.4 Å². The molecule has 1 saturated carbocycles. The number of hydrogen-bond acceptors (Lipinski definition) is 3. The number of carbonyl (C=O) groups is 1. The first-order valence-electron chi connectivity index (χ1n) is 6.21. The van der Waals surface area contributed by atoms with Gasteiger partial charge in [-0.25, -0.2) is 0 Å². The third-order valence-electron chi connectivity index (χ3n) is 3.67. The minimum absolute atomic E-state index is 0. The average molecular weight is 281 g/mol. The van der Waals surface area contributed by atoms with Crippen LogP contribution in [0.25, 0.3) is 10.9 Å². The molecule has 0 saturated heterocycles. The van der Waals surface area contributed by atoms with Gasteiger partial charge in [0.1, 0.15) is 0 Å². The van der Waals surface area contributed by atoms with E-state index in [0.717, 1.165) is 42.3 Å². The smallest absolute Gasteiger partial charge is 0.244 e. The molecule has 2 aromatic rings. The number of halogens is 1. The zero-order valence-electron chi connectivity index (χ0n) is 10.5. The number of para-hydroxylation sites is 1. The maximum absolute atomic E-state index is 12.2. The molecule has 1 aliphatic carbocycles. The number of nitrogens with one attached hydrogen (secondary N) is 2. The molecule has 1 aliphatic rings. The second kappa shape index (κ2) is 5.19. The second-order valence-corrected chi connectivity index (χ2v) is 4.96. The number of benzene rings is 1. The second-order valence-electron chi connectivity index (χ2n) is 4.96. The minimum atomic E-state index is -0.706. The molecule has 0 spiro atoms. The third-order valence-corrected chi connectivity index (χ3v) is 3.67. The van der Waals surface area contributed by atoms with Crippen LogP contribution in [0.4, 0.5) is 5.69 Å². The van der Waals surface area contributed by atoms with E-state index < -0.39 is 5.54 Å². The van der Waals surface area contributed by atoms with Crippen LogP contribution in [-0.2, 0) is 4.79 Å². The van der Waals surface area contributed by atoms with Gasteiger partial charge in [0.25, 0.3) is 0 Å². The van der Waals surface area contributed by atoms with E-state index in [0.29, 0.717) is 0 Å². The van der Waals surface area contributed by atoms with Crippen LogP contribution in [-0.4, -0.2) is 21.6 Å². The number of H-pyrrole nitrogens is 1. The lowest BCUT2D eigenvalue weighted by Crippen LogP contribution is -2.48. The van der Waals surface area contributed by atoms with Crippen molar-refractivity contribution in [1.29, 1.82) is 0 Å². The fourth-order valence-corrected chi connectivity index (χ4v) is 2.55. The predicted molar refractivity (Wildman–Crippen MR) is 77.4 cm³/mol. The molecule has 0 bridgehead atoms. The standard InChI is InChI=1S/C13H16N4O.ClH/c14-13(6-1-2-7-13)12(18)16-10-5-3-4-9-8-15-17-11(9)10;/h3-5,8H,1-2,6-7,14H2,(H,15,17)(H,16,18);1H. The van der Waals surface area contributed by atoms with E-state index >= 15 is 0 Å². The molecule has 6 heteroatoms. The zero-order chi connectivity index (χ0) is 12.6. The Balaban J connectivity index is 0.00000133. The number of rotatable bonds is 2. The van der Waals surface area contributed by atoms with Gasteiger partial charge < -0.3 is 11.1 Å². The summed E-state index contributed by atoms with van der Waals surface area (Å²) in [5.74, 6) is -0.0953. The Bertz CT molecular complexity index is 589. The maximum Gasteiger partial charge on any atom is 0.244 e. The Morgan fingerprint density at radius 1 is 1.37 bits per heavy atom. The Labute approximate surface area is 117 Å². The number of aromatic amines is 1. The molecule has 3 rings (SSSR count). The molecule has 0 radical (unpaired) electrons. The number of amides is 1. The Morgan fingerprint density at radius 2 is 2.11 bits per heavy atom. The molecular formula is C13H17ClN4O. The highest BCUT2D eigenvalue weighted by Crippen LogP contribution is 2.29. The van der Waals surface area contributed by atoms with Gasteiger partial charge >= 0.3 is 0 Å². The number of anilines is 1. The van der Waals surface area contributed by atoms with E-state index in [1.165, 1.54) is 0 Å². The fraction of sp³-hybridized carbons (Fsp3) is 0.385. The summed E-state index contributed by atoms with van der Waals surface area (Å²) < 4.78 is 0. The van der Waals surface area contributed by atoms with Gasteiger partial charge in [-0.05, 0) is 18.9 Å². The van der Waals surface area contributed by atoms with E-state index in [9.17, 15) is 4.79 Å². The summed E-state index contributed by atoms with van der Waals surface area (Å²) in [4.78, 5) is 12.2. The van der Waals surface area contributed by atoms with E-state index in [1.54, 1.807) is 6.20 Å². The quantitative estimate of drug-likeness (QED) is 0.788. The summed E-state index contributed by atoms with van der Waals surface area (Å²) in [6, 6.07) is 5.70. The molecule has 0 atom stereocenters. The minimum Gasteiger partial charge on any atom is -0.323 e. The van der Waals surface area contributed by atoms with Crippen molar-refractivity contribution < 1.29 is 4.79 Å². The molecule has 0 unspecified atom stereocenters. The lowest BCUT2D eigenvalue weighted by Gasteiger charge is -2.22. The van der Waals surface area contributed by atoms with E-state index in [1.807, 2.05) is 18.2 Å². The molecular weight excluding hydrogens is 264 g/mol. The van der Waals surface area contributed by atoms with Gasteiger partial charge in [-0.1, -0.05) is 25.0 Å². The van der Waals surface area contributed by atoms with Gasteiger partial charge in [0.05, 0.1) is 22.9 Å². The monoisotopic (exact) mass is 280 g/mol. The Hall–Kier alpha value is -1.59. The van der Waals surface area contributed by atoms with Crippen molar-refractivity contribution in [2.24, 2.45) is 5.73 Å². The molecule has 1 aromatic carbocycles. The van der Waals surface area contributed by atoms with Crippen LogP contribution in [0.3, 0.4) is 0 Å². The van der Waals surface area contributed by atoms with Crippen molar-refractivity contribution >= 4 is 34.9 Å². The highest BCUT2D eigenvalue weighted by molar-refractivity contribution is 6.04. The third kappa shape index (κ3) is 2.43. The van der Waals surface area contributed by atoms with Crippen LogP contribution >= 0.6 is 12.4 Å². The summed E-state index contributed by atoms with van der Waals surface area (Å²) >= 11 is 0. The SMILES string of the molecule is Cl.NC1(C(=O)Nc2cccc3cn[nH]c23)CCCC1. The lowest BCUT2D eigenvalue weighted by molar-refractivity contribution is -0.120. The van der Waals surface area contributed by atoms with Crippen molar-refractivity contribution in [1.82, 2.24) is 10.2 Å². The predicted octanol–water partition coefficient (Wildman–Crippen LogP) is 2.19. The molecule has 19 heavy (non-hydrogen) atoms. The zero-order valence-corrected chi connectivity index (χ0v) is 11.3. The fourth-order valence-electron chi connectivity index (χ4n) is 2.55. The Kier molecular flexibility index (Phi) is 3.78. The van der Waals surface area contributed by atoms with Crippen molar-refractivity contribution in [3.8, 4) is 0 Å². The van der Waals surface area contributed by atoms with Gasteiger partial charge in [-0.2, -0.15) is 5.10 Å². The van der Waals surface area contributed by atoms with Crippen LogP contribution in [0.1, 0.15) is 25.7 Å². The number of fused-ring (bicyclic) bond motifs is 1. The summed E-state index contributed by atoms with van der Waals surface area (Å²) in [5.41, 5.74) is 7.01. The maximum atomic E-state index is 12.2. The first-order chi connectivity index (χ1) is 8.69. The van der Waals surface area contributed by atoms with E-state index in [-0.39, 0.29) is 18.3 Å². The summed E-state index contributed by atoms with van der Waals surface area (Å²) in [6.45, 7) is 0. The van der Waals surface area contributed by atoms with E-state index in [4.69, 9.17) is 5.73 Å². The van der Waals surface area contributed by atoms with Crippen molar-refractivity contribution in [3.05, 3.63) is 24.4 Å². The first-order valence-corrected chi connectivity index (χ1v) is 6.21. The normalized spacial score (nSPS) is 17.1. The number of nitrogens with zero attached hydrogens (tertiary/aromatic N) is 1. The number of carbonyl (C=O) groups excluding carboxylic acids is 1. The molecule has 1 aromatic heterocycles. The summed E-state index contributed by atoms with van der Waals surface area (Å²) in [5, 5.41) is 10.8. The molecule has 1 amide bonds. The van der Waals surface area contributed by atoms with Gasteiger partial charge in [0, 0.05) is 5.39 Å². The van der Waals surface area contributed by atoms with Gasteiger partial charge in [-0.3, -0.25) is 9.89 Å². The summed E-state index contributed by atoms with van der Waals surface area (Å²) in [7, 11) is 0. The van der Waals surface area contributed by atoms with Gasteiger partial charge in [0.15, 0.2) is 0 Å². The van der Waals surface area contributed by atoms with Crippen LogP contribution < -0.4 is 11.1 Å². The average Bonchev–Trinajstić information content (AvgIpc) is 2.98. The number of nitrogens with two attached hydrogens (primary N) is 1. The van der Waals surface area contributed by atoms with Crippen molar-refractivity contribution in [2.45, 2.75) is 31.2 Å². The van der Waals surface area contributed by atoms with Gasteiger partial charge in [-0.15, -0.1) is 12.4 Å². The molecule has 102 valence electrons. The highest BCUT2D eigenvalue weighted by atomic mass is 35.5. The molecule has 5 nitrogen and oxygen atoms in total. The highest BCUT2D eigenvalue weighted by Gasteiger charge is 2.37. The van der Waals surface area contributed by atoms with Crippen molar-refractivity contribution in [3.63, 3.8) is 0 Å². The summed E-state index contributed by atoms with van der Waals surface area (Å²) in [6.07, 6.45) is 5.31. The number of hydrogen-bond donors (Lipinski definition) is 3. The molecule has 1 fully saturated rings. The topological polar surface area (TPSA) is 83.8 Å². The number of aromatic nitrogens is 2. The van der Waals surface area contributed by atoms with Crippen molar-refractivity contribution in [2.75, 3.05) is 5.32 Å². The first kappa shape index (κ1) is 13.8. The molecule has 4 N–H and O–H groups in total. The molecule has 0 aliphatic heterocycles. The molecule has 1 heterocycles.